The first-order valence-electron chi connectivity index (χ1n) is 4.55. The van der Waals surface area contributed by atoms with E-state index in [1.165, 1.54) is 0 Å². The molecule has 1 aromatic rings. The number of hydrogen-bond acceptors (Lipinski definition) is 3. The van der Waals surface area contributed by atoms with Crippen LogP contribution >= 0.6 is 12.6 Å². The molecule has 1 N–H and O–H groups in total. The Bertz CT molecular complexity index is 435. The van der Waals surface area contributed by atoms with E-state index in [-0.39, 0.29) is 6.42 Å². The highest BCUT2D eigenvalue weighted by atomic mass is 32.1. The zero-order valence-corrected chi connectivity index (χ0v) is 9.21. The smallest absolute Gasteiger partial charge is 0.307 e. The minimum absolute atomic E-state index is 0.0479. The fourth-order valence-electron chi connectivity index (χ4n) is 1.45. The Morgan fingerprint density at radius 2 is 2.27 bits per heavy atom. The first-order valence-corrected chi connectivity index (χ1v) is 4.99. The van der Waals surface area contributed by atoms with Crippen LogP contribution in [-0.2, 0) is 17.6 Å². The van der Waals surface area contributed by atoms with Crippen molar-refractivity contribution in [3.05, 3.63) is 28.8 Å². The van der Waals surface area contributed by atoms with Gasteiger partial charge in [-0.15, -0.1) is 12.6 Å². The maximum absolute atomic E-state index is 10.6. The van der Waals surface area contributed by atoms with Crippen molar-refractivity contribution in [2.45, 2.75) is 24.7 Å². The van der Waals surface area contributed by atoms with Crippen LogP contribution in [0.3, 0.4) is 0 Å². The number of carbonyl (C=O) groups is 1. The molecule has 1 aromatic carbocycles. The molecule has 0 aromatic heterocycles. The van der Waals surface area contributed by atoms with Gasteiger partial charge in [-0.3, -0.25) is 4.79 Å². The van der Waals surface area contributed by atoms with Gasteiger partial charge in [0, 0.05) is 4.90 Å². The SMILES string of the molecule is CCc1cc(C#N)cc(S)c1CC(=O)O. The van der Waals surface area contributed by atoms with Crippen molar-refractivity contribution in [2.75, 3.05) is 0 Å². The number of hydrogen-bond donors (Lipinski definition) is 2. The van der Waals surface area contributed by atoms with Gasteiger partial charge in [-0.2, -0.15) is 5.26 Å². The lowest BCUT2D eigenvalue weighted by atomic mass is 10.00. The molecule has 3 nitrogen and oxygen atoms in total. The van der Waals surface area contributed by atoms with E-state index in [1.807, 2.05) is 13.0 Å². The van der Waals surface area contributed by atoms with Gasteiger partial charge in [0.1, 0.15) is 0 Å². The summed E-state index contributed by atoms with van der Waals surface area (Å²) in [7, 11) is 0. The standard InChI is InChI=1S/C11H11NO2S/c1-2-8-3-7(6-12)4-10(15)9(8)5-11(13)14/h3-4,15H,2,5H2,1H3,(H,13,14). The van der Waals surface area contributed by atoms with Crippen molar-refractivity contribution in [1.82, 2.24) is 0 Å². The highest BCUT2D eigenvalue weighted by Crippen LogP contribution is 2.22. The van der Waals surface area contributed by atoms with Crippen LogP contribution in [0.4, 0.5) is 0 Å². The van der Waals surface area contributed by atoms with Crippen LogP contribution in [0.5, 0.6) is 0 Å². The number of nitriles is 1. The van der Waals surface area contributed by atoms with Crippen LogP contribution in [0.15, 0.2) is 17.0 Å². The zero-order valence-electron chi connectivity index (χ0n) is 8.32. The third-order valence-corrected chi connectivity index (χ3v) is 2.56. The highest BCUT2D eigenvalue weighted by Gasteiger charge is 2.10. The maximum atomic E-state index is 10.6. The van der Waals surface area contributed by atoms with Gasteiger partial charge >= 0.3 is 5.97 Å². The minimum atomic E-state index is -0.885. The molecule has 0 heterocycles. The lowest BCUT2D eigenvalue weighted by molar-refractivity contribution is -0.136. The van der Waals surface area contributed by atoms with Crippen molar-refractivity contribution in [1.29, 1.82) is 5.26 Å². The highest BCUT2D eigenvalue weighted by molar-refractivity contribution is 7.80. The summed E-state index contributed by atoms with van der Waals surface area (Å²) in [5.74, 6) is -0.885. The number of aliphatic carboxylic acids is 1. The van der Waals surface area contributed by atoms with Crippen molar-refractivity contribution < 1.29 is 9.90 Å². The summed E-state index contributed by atoms with van der Waals surface area (Å²) in [6.07, 6.45) is 0.652. The third-order valence-electron chi connectivity index (χ3n) is 2.16. The van der Waals surface area contributed by atoms with Gasteiger partial charge in [-0.25, -0.2) is 0 Å². The Morgan fingerprint density at radius 1 is 1.60 bits per heavy atom. The largest absolute Gasteiger partial charge is 0.481 e. The van der Waals surface area contributed by atoms with E-state index in [2.05, 4.69) is 12.6 Å². The lowest BCUT2D eigenvalue weighted by Crippen LogP contribution is -2.05. The molecule has 1 rings (SSSR count). The van der Waals surface area contributed by atoms with Crippen LogP contribution in [0.1, 0.15) is 23.6 Å². The summed E-state index contributed by atoms with van der Waals surface area (Å²) in [6, 6.07) is 5.34. The van der Waals surface area contributed by atoms with Crippen molar-refractivity contribution in [2.24, 2.45) is 0 Å². The van der Waals surface area contributed by atoms with Crippen molar-refractivity contribution >= 4 is 18.6 Å². The molecule has 0 bridgehead atoms. The number of thiol groups is 1. The molecule has 0 amide bonds. The summed E-state index contributed by atoms with van der Waals surface area (Å²) in [4.78, 5) is 11.2. The number of carboxylic acid groups (broad SMARTS) is 1. The molecule has 15 heavy (non-hydrogen) atoms. The second-order valence-electron chi connectivity index (χ2n) is 3.17. The lowest BCUT2D eigenvalue weighted by Gasteiger charge is -2.09. The van der Waals surface area contributed by atoms with Crippen molar-refractivity contribution in [3.8, 4) is 6.07 Å². The predicted octanol–water partition coefficient (Wildman–Crippen LogP) is 2.04. The van der Waals surface area contributed by atoms with E-state index in [0.29, 0.717) is 22.4 Å². The second-order valence-corrected chi connectivity index (χ2v) is 3.65. The topological polar surface area (TPSA) is 61.1 Å². The molecule has 0 fully saturated rings. The van der Waals surface area contributed by atoms with Gasteiger partial charge in [0.15, 0.2) is 0 Å². The Labute approximate surface area is 93.8 Å². The fourth-order valence-corrected chi connectivity index (χ4v) is 1.81. The first kappa shape index (κ1) is 11.6. The quantitative estimate of drug-likeness (QED) is 0.768. The number of nitrogens with zero attached hydrogens (tertiary/aromatic N) is 1. The Hall–Kier alpha value is -1.47. The summed E-state index contributed by atoms with van der Waals surface area (Å²) < 4.78 is 0. The van der Waals surface area contributed by atoms with Crippen LogP contribution in [0, 0.1) is 11.3 Å². The van der Waals surface area contributed by atoms with E-state index < -0.39 is 5.97 Å². The van der Waals surface area contributed by atoms with Crippen molar-refractivity contribution in [3.63, 3.8) is 0 Å². The van der Waals surface area contributed by atoms with E-state index in [9.17, 15) is 4.79 Å². The molecule has 4 heteroatoms. The monoisotopic (exact) mass is 221 g/mol. The number of benzene rings is 1. The van der Waals surface area contributed by atoms with Gasteiger partial charge in [0.25, 0.3) is 0 Å². The number of rotatable bonds is 3. The molecule has 0 atom stereocenters. The number of carboxylic acids is 1. The van der Waals surface area contributed by atoms with Gasteiger partial charge in [0.05, 0.1) is 18.1 Å². The Kier molecular flexibility index (Phi) is 3.75. The summed E-state index contributed by atoms with van der Waals surface area (Å²) in [5, 5.41) is 17.5. The van der Waals surface area contributed by atoms with E-state index >= 15 is 0 Å². The van der Waals surface area contributed by atoms with Gasteiger partial charge in [-0.1, -0.05) is 6.92 Å². The summed E-state index contributed by atoms with van der Waals surface area (Å²) in [6.45, 7) is 1.93. The van der Waals surface area contributed by atoms with Crippen LogP contribution in [-0.4, -0.2) is 11.1 Å². The minimum Gasteiger partial charge on any atom is -0.481 e. The average molecular weight is 221 g/mol. The normalized spacial score (nSPS) is 9.67. The molecule has 0 aliphatic carbocycles. The summed E-state index contributed by atoms with van der Waals surface area (Å²) in [5.41, 5.74) is 2.10. The third kappa shape index (κ3) is 2.74. The molecule has 0 spiro atoms. The molecule has 0 saturated heterocycles. The van der Waals surface area contributed by atoms with Crippen LogP contribution in [0.25, 0.3) is 0 Å². The summed E-state index contributed by atoms with van der Waals surface area (Å²) >= 11 is 4.21. The van der Waals surface area contributed by atoms with Gasteiger partial charge in [-0.05, 0) is 29.7 Å². The van der Waals surface area contributed by atoms with E-state index in [1.54, 1.807) is 12.1 Å². The molecular formula is C11H11NO2S. The fraction of sp³-hybridized carbons (Fsp3) is 0.273. The maximum Gasteiger partial charge on any atom is 0.307 e. The molecule has 0 unspecified atom stereocenters. The second kappa shape index (κ2) is 4.85. The molecule has 78 valence electrons. The molecular weight excluding hydrogens is 210 g/mol. The molecule has 0 radical (unpaired) electrons. The predicted molar refractivity (Wildman–Crippen MR) is 59.1 cm³/mol. The molecule has 0 saturated carbocycles. The Balaban J connectivity index is 3.25. The number of aryl methyl sites for hydroxylation is 1. The molecule has 0 aliphatic rings. The first-order chi connectivity index (χ1) is 7.08. The Morgan fingerprint density at radius 3 is 2.73 bits per heavy atom. The van der Waals surface area contributed by atoms with Crippen LogP contribution < -0.4 is 0 Å². The zero-order chi connectivity index (χ0) is 11.4. The van der Waals surface area contributed by atoms with E-state index in [0.717, 1.165) is 5.56 Å². The molecule has 0 aliphatic heterocycles. The van der Waals surface area contributed by atoms with Crippen LogP contribution in [0.2, 0.25) is 0 Å². The van der Waals surface area contributed by atoms with Gasteiger partial charge in [0.2, 0.25) is 0 Å². The van der Waals surface area contributed by atoms with E-state index in [4.69, 9.17) is 10.4 Å². The van der Waals surface area contributed by atoms with Gasteiger partial charge < -0.3 is 5.11 Å². The average Bonchev–Trinajstić information content (AvgIpc) is 2.20.